The highest BCUT2D eigenvalue weighted by atomic mass is 15.2. The van der Waals surface area contributed by atoms with Gasteiger partial charge in [-0.3, -0.25) is 0 Å². The predicted octanol–water partition coefficient (Wildman–Crippen LogP) is 11.9. The van der Waals surface area contributed by atoms with E-state index in [4.69, 9.17) is 0 Å². The molecular formula is C43H38N2. The molecule has 0 amide bonds. The molecule has 0 bridgehead atoms. The number of fused-ring (bicyclic) bond motifs is 4. The van der Waals surface area contributed by atoms with Crippen LogP contribution < -0.4 is 9.80 Å². The molecule has 0 fully saturated rings. The van der Waals surface area contributed by atoms with E-state index in [9.17, 15) is 0 Å². The molecule has 220 valence electrons. The van der Waals surface area contributed by atoms with Crippen molar-refractivity contribution in [2.75, 3.05) is 9.80 Å². The fourth-order valence-corrected chi connectivity index (χ4v) is 7.61. The van der Waals surface area contributed by atoms with E-state index < -0.39 is 0 Å². The smallest absolute Gasteiger partial charge is 0.0543 e. The van der Waals surface area contributed by atoms with Crippen LogP contribution in [0.5, 0.6) is 0 Å². The van der Waals surface area contributed by atoms with E-state index >= 15 is 0 Å². The van der Waals surface area contributed by atoms with Crippen LogP contribution in [0.2, 0.25) is 0 Å². The van der Waals surface area contributed by atoms with Crippen molar-refractivity contribution in [3.8, 4) is 11.1 Å². The fraction of sp³-hybridized carbons (Fsp3) is 0.163. The molecule has 0 aromatic heterocycles. The third kappa shape index (κ3) is 4.16. The van der Waals surface area contributed by atoms with E-state index in [-0.39, 0.29) is 10.8 Å². The maximum absolute atomic E-state index is 2.53. The topological polar surface area (TPSA) is 6.48 Å². The van der Waals surface area contributed by atoms with Crippen LogP contribution in [0, 0.1) is 6.92 Å². The minimum Gasteiger partial charge on any atom is -0.310 e. The van der Waals surface area contributed by atoms with Gasteiger partial charge in [0.25, 0.3) is 0 Å². The van der Waals surface area contributed by atoms with Gasteiger partial charge in [-0.25, -0.2) is 0 Å². The van der Waals surface area contributed by atoms with E-state index in [1.54, 1.807) is 0 Å². The lowest BCUT2D eigenvalue weighted by Crippen LogP contribution is -2.38. The summed E-state index contributed by atoms with van der Waals surface area (Å²) in [5, 5.41) is 0. The summed E-state index contributed by atoms with van der Waals surface area (Å²) in [6.07, 6.45) is 0. The van der Waals surface area contributed by atoms with Crippen LogP contribution in [0.15, 0.2) is 140 Å². The summed E-state index contributed by atoms with van der Waals surface area (Å²) in [5.41, 5.74) is 16.2. The molecule has 2 nitrogen and oxygen atoms in total. The van der Waals surface area contributed by atoms with Crippen molar-refractivity contribution in [2.45, 2.75) is 45.4 Å². The second-order valence-electron chi connectivity index (χ2n) is 13.6. The zero-order chi connectivity index (χ0) is 30.9. The van der Waals surface area contributed by atoms with Gasteiger partial charge in [-0.15, -0.1) is 0 Å². The van der Waals surface area contributed by atoms with E-state index in [2.05, 4.69) is 184 Å². The molecule has 8 rings (SSSR count). The van der Waals surface area contributed by atoms with Crippen molar-refractivity contribution in [3.63, 3.8) is 0 Å². The van der Waals surface area contributed by atoms with Gasteiger partial charge in [0.2, 0.25) is 0 Å². The molecule has 2 aliphatic heterocycles. The molecule has 0 aliphatic carbocycles. The van der Waals surface area contributed by atoms with Crippen molar-refractivity contribution < 1.29 is 0 Å². The maximum atomic E-state index is 2.53. The fourth-order valence-electron chi connectivity index (χ4n) is 7.61. The molecule has 0 atom stereocenters. The summed E-state index contributed by atoms with van der Waals surface area (Å²) in [4.78, 5) is 4.93. The van der Waals surface area contributed by atoms with Gasteiger partial charge < -0.3 is 9.80 Å². The van der Waals surface area contributed by atoms with E-state index in [1.165, 1.54) is 56.0 Å². The molecule has 0 unspecified atom stereocenters. The van der Waals surface area contributed by atoms with Gasteiger partial charge in [0, 0.05) is 27.9 Å². The second-order valence-corrected chi connectivity index (χ2v) is 13.6. The van der Waals surface area contributed by atoms with Gasteiger partial charge in [0.1, 0.15) is 0 Å². The van der Waals surface area contributed by atoms with Crippen LogP contribution in [0.25, 0.3) is 11.1 Å². The molecule has 2 heteroatoms. The van der Waals surface area contributed by atoms with Crippen molar-refractivity contribution in [1.29, 1.82) is 0 Å². The van der Waals surface area contributed by atoms with E-state index in [0.29, 0.717) is 0 Å². The Morgan fingerprint density at radius 2 is 1.00 bits per heavy atom. The molecule has 0 N–H and O–H groups in total. The Morgan fingerprint density at radius 1 is 0.444 bits per heavy atom. The summed E-state index contributed by atoms with van der Waals surface area (Å²) in [6, 6.07) is 51.4. The standard InChI is InChI=1S/C43H38N2/c1-29-21-23-32(24-22-29)44(33-16-11-15-31(27-33)30-13-7-6-8-14-30)34-25-26-40-38(28-34)43(4,5)37-19-12-18-36-41(37)45(40)39-20-10-9-17-35(39)42(36,2)3/h6-28H,1-5H3. The highest BCUT2D eigenvalue weighted by Gasteiger charge is 2.45. The first kappa shape index (κ1) is 27.5. The van der Waals surface area contributed by atoms with Gasteiger partial charge in [-0.05, 0) is 88.8 Å². The molecule has 6 aromatic carbocycles. The monoisotopic (exact) mass is 582 g/mol. The van der Waals surface area contributed by atoms with Crippen LogP contribution in [-0.4, -0.2) is 0 Å². The van der Waals surface area contributed by atoms with Crippen molar-refractivity contribution >= 4 is 34.1 Å². The predicted molar refractivity (Wildman–Crippen MR) is 190 cm³/mol. The van der Waals surface area contributed by atoms with Gasteiger partial charge in [0.15, 0.2) is 0 Å². The zero-order valence-corrected chi connectivity index (χ0v) is 26.7. The van der Waals surface area contributed by atoms with E-state index in [1.807, 2.05) is 0 Å². The Morgan fingerprint density at radius 3 is 1.76 bits per heavy atom. The summed E-state index contributed by atoms with van der Waals surface area (Å²) >= 11 is 0. The minimum absolute atomic E-state index is 0.0853. The number of rotatable bonds is 4. The lowest BCUT2D eigenvalue weighted by atomic mass is 9.66. The summed E-state index contributed by atoms with van der Waals surface area (Å²) in [5.74, 6) is 0. The van der Waals surface area contributed by atoms with Crippen LogP contribution in [-0.2, 0) is 10.8 Å². The van der Waals surface area contributed by atoms with Crippen LogP contribution in [0.4, 0.5) is 34.1 Å². The number of nitrogens with zero attached hydrogens (tertiary/aromatic N) is 2. The maximum Gasteiger partial charge on any atom is 0.0543 e. The third-order valence-corrected chi connectivity index (χ3v) is 10.1. The highest BCUT2D eigenvalue weighted by Crippen LogP contribution is 2.60. The van der Waals surface area contributed by atoms with E-state index in [0.717, 1.165) is 17.1 Å². The first-order valence-electron chi connectivity index (χ1n) is 16.0. The van der Waals surface area contributed by atoms with Crippen LogP contribution in [0.3, 0.4) is 0 Å². The average molecular weight is 583 g/mol. The third-order valence-electron chi connectivity index (χ3n) is 10.1. The van der Waals surface area contributed by atoms with Crippen molar-refractivity contribution in [1.82, 2.24) is 0 Å². The molecule has 0 saturated carbocycles. The number of hydrogen-bond donors (Lipinski definition) is 0. The molecule has 2 heterocycles. The van der Waals surface area contributed by atoms with Gasteiger partial charge >= 0.3 is 0 Å². The Bertz CT molecular complexity index is 2070. The Hall–Kier alpha value is -5.08. The first-order chi connectivity index (χ1) is 21.7. The summed E-state index contributed by atoms with van der Waals surface area (Å²) in [6.45, 7) is 11.7. The van der Waals surface area contributed by atoms with Crippen LogP contribution in [0.1, 0.15) is 55.5 Å². The zero-order valence-electron chi connectivity index (χ0n) is 26.7. The van der Waals surface area contributed by atoms with Gasteiger partial charge in [0.05, 0.1) is 17.1 Å². The number of aryl methyl sites for hydroxylation is 1. The molecule has 0 radical (unpaired) electrons. The largest absolute Gasteiger partial charge is 0.310 e. The quantitative estimate of drug-likeness (QED) is 0.204. The molecule has 0 saturated heterocycles. The molecular weight excluding hydrogens is 544 g/mol. The average Bonchev–Trinajstić information content (AvgIpc) is 3.06. The number of anilines is 6. The molecule has 0 spiro atoms. The second kappa shape index (κ2) is 9.97. The highest BCUT2D eigenvalue weighted by molar-refractivity contribution is 5.94. The van der Waals surface area contributed by atoms with Crippen molar-refractivity contribution in [2.24, 2.45) is 0 Å². The Balaban J connectivity index is 1.34. The molecule has 45 heavy (non-hydrogen) atoms. The lowest BCUT2D eigenvalue weighted by molar-refractivity contribution is 0.597. The summed E-state index contributed by atoms with van der Waals surface area (Å²) in [7, 11) is 0. The Labute approximate surface area is 267 Å². The minimum atomic E-state index is -0.194. The number of hydrogen-bond acceptors (Lipinski definition) is 2. The number of benzene rings is 6. The normalized spacial score (nSPS) is 15.1. The van der Waals surface area contributed by atoms with Crippen LogP contribution >= 0.6 is 0 Å². The lowest BCUT2D eigenvalue weighted by Gasteiger charge is -2.49. The SMILES string of the molecule is Cc1ccc(N(c2cccc(-c3ccccc3)c2)c2ccc3c(c2)C(C)(C)c2cccc4c2N3c2ccccc2C4(C)C)cc1. The van der Waals surface area contributed by atoms with Gasteiger partial charge in [-0.1, -0.05) is 124 Å². The molecule has 2 aliphatic rings. The van der Waals surface area contributed by atoms with Crippen molar-refractivity contribution in [3.05, 3.63) is 167 Å². The number of para-hydroxylation sites is 2. The first-order valence-corrected chi connectivity index (χ1v) is 16.0. The van der Waals surface area contributed by atoms with Gasteiger partial charge in [-0.2, -0.15) is 0 Å². The molecule has 6 aromatic rings. The Kier molecular flexibility index (Phi) is 6.09. The summed E-state index contributed by atoms with van der Waals surface area (Å²) < 4.78 is 0.